The van der Waals surface area contributed by atoms with Crippen LogP contribution in [0, 0.1) is 11.3 Å². The van der Waals surface area contributed by atoms with E-state index in [4.69, 9.17) is 15.2 Å². The highest BCUT2D eigenvalue weighted by Crippen LogP contribution is 2.47. The number of nitriles is 1. The predicted molar refractivity (Wildman–Crippen MR) is 161 cm³/mol. The molecule has 0 saturated carbocycles. The summed E-state index contributed by atoms with van der Waals surface area (Å²) in [4.78, 5) is 30.7. The molecule has 2 saturated heterocycles. The fourth-order valence-electron chi connectivity index (χ4n) is 6.47. The molecule has 16 heteroatoms. The van der Waals surface area contributed by atoms with Gasteiger partial charge in [0.15, 0.2) is 5.83 Å². The van der Waals surface area contributed by atoms with Crippen LogP contribution in [-0.4, -0.2) is 95.4 Å². The first kappa shape index (κ1) is 32.2. The zero-order chi connectivity index (χ0) is 33.6. The number of nitrogens with zero attached hydrogens (tertiary/aromatic N) is 7. The summed E-state index contributed by atoms with van der Waals surface area (Å²) in [5.41, 5.74) is 5.27. The van der Waals surface area contributed by atoms with Gasteiger partial charge in [0.05, 0.1) is 47.3 Å². The van der Waals surface area contributed by atoms with Crippen LogP contribution < -0.4 is 20.1 Å². The minimum absolute atomic E-state index is 0.0316. The molecule has 3 aromatic rings. The molecule has 2 N–H and O–H groups in total. The number of alkyl halides is 4. The molecule has 6 rings (SSSR count). The Morgan fingerprint density at radius 3 is 2.68 bits per heavy atom. The number of halogens is 5. The normalized spacial score (nSPS) is 21.4. The Balaban J connectivity index is 1.50. The zero-order valence-electron chi connectivity index (χ0n) is 25.4. The van der Waals surface area contributed by atoms with Crippen LogP contribution in [-0.2, 0) is 17.4 Å². The summed E-state index contributed by atoms with van der Waals surface area (Å²) in [5, 5.41) is 9.88. The van der Waals surface area contributed by atoms with E-state index in [9.17, 15) is 32.0 Å². The van der Waals surface area contributed by atoms with Gasteiger partial charge in [0.2, 0.25) is 0 Å². The van der Waals surface area contributed by atoms with E-state index < -0.39 is 35.7 Å². The third-order valence-electron chi connectivity index (χ3n) is 8.72. The highest BCUT2D eigenvalue weighted by molar-refractivity contribution is 6.00. The first-order chi connectivity index (χ1) is 22.3. The molecule has 3 aliphatic rings. The topological polar surface area (TPSA) is 134 Å². The first-order valence-corrected chi connectivity index (χ1v) is 14.9. The summed E-state index contributed by atoms with van der Waals surface area (Å²) in [6, 6.07) is 4.36. The van der Waals surface area contributed by atoms with Crippen LogP contribution in [0.25, 0.3) is 22.2 Å². The summed E-state index contributed by atoms with van der Waals surface area (Å²) in [6.45, 7) is 3.81. The Morgan fingerprint density at radius 2 is 2.00 bits per heavy atom. The molecule has 1 aromatic carbocycles. The lowest BCUT2D eigenvalue weighted by Gasteiger charge is -2.41. The SMILES string of the molecule is C=C(F)C(=O)N1CCN(c2nc(OC[C@@H]3C[C@@H](F)CN3C)nc3cc(-c4nc(N)ccc4C(F)(F)F)c4c(c23)OCC4)C[C@@H]1CC#N. The summed E-state index contributed by atoms with van der Waals surface area (Å²) in [7, 11) is 1.77. The molecular weight excluding hydrogens is 627 g/mol. The summed E-state index contributed by atoms with van der Waals surface area (Å²) < 4.78 is 82.4. The number of likely N-dealkylation sites (N-methyl/N-ethyl adjacent to an activating group) is 1. The molecule has 0 aliphatic carbocycles. The fraction of sp³-hybridized carbons (Fsp3) is 0.452. The number of ether oxygens (including phenoxy) is 2. The molecule has 3 aliphatic heterocycles. The van der Waals surface area contributed by atoms with E-state index in [0.29, 0.717) is 16.8 Å². The number of carbonyl (C=O) groups excluding carboxylic acids is 1. The van der Waals surface area contributed by atoms with Crippen molar-refractivity contribution in [2.75, 3.05) is 57.1 Å². The number of pyridine rings is 1. The van der Waals surface area contributed by atoms with Gasteiger partial charge in [-0.15, -0.1) is 0 Å². The highest BCUT2D eigenvalue weighted by atomic mass is 19.4. The first-order valence-electron chi connectivity index (χ1n) is 14.9. The molecule has 248 valence electrons. The number of fused-ring (bicyclic) bond motifs is 3. The Morgan fingerprint density at radius 1 is 1.21 bits per heavy atom. The molecule has 0 radical (unpaired) electrons. The molecule has 47 heavy (non-hydrogen) atoms. The predicted octanol–water partition coefficient (Wildman–Crippen LogP) is 4.06. The Hall–Kier alpha value is -4.78. The minimum Gasteiger partial charge on any atom is -0.492 e. The third kappa shape index (κ3) is 6.19. The quantitative estimate of drug-likeness (QED) is 0.293. The van der Waals surface area contributed by atoms with Gasteiger partial charge in [-0.3, -0.25) is 9.69 Å². The Kier molecular flexibility index (Phi) is 8.51. The van der Waals surface area contributed by atoms with E-state index >= 15 is 0 Å². The van der Waals surface area contributed by atoms with Gasteiger partial charge in [-0.1, -0.05) is 6.58 Å². The van der Waals surface area contributed by atoms with E-state index in [-0.39, 0.29) is 99.0 Å². The van der Waals surface area contributed by atoms with Crippen molar-refractivity contribution >= 4 is 28.4 Å². The van der Waals surface area contributed by atoms with Gasteiger partial charge < -0.3 is 25.0 Å². The van der Waals surface area contributed by atoms with Gasteiger partial charge >= 0.3 is 12.2 Å². The number of nitrogens with two attached hydrogens (primary N) is 1. The molecule has 3 atom stereocenters. The number of carbonyl (C=O) groups is 1. The average molecular weight is 659 g/mol. The molecule has 2 aromatic heterocycles. The maximum atomic E-state index is 14.2. The second-order valence-corrected chi connectivity index (χ2v) is 11.8. The van der Waals surface area contributed by atoms with Crippen LogP contribution in [0.5, 0.6) is 11.8 Å². The van der Waals surface area contributed by atoms with E-state index in [1.165, 1.54) is 11.0 Å². The highest BCUT2D eigenvalue weighted by Gasteiger charge is 2.38. The number of nitrogen functional groups attached to an aromatic ring is 1. The van der Waals surface area contributed by atoms with Crippen LogP contribution in [0.15, 0.2) is 30.6 Å². The summed E-state index contributed by atoms with van der Waals surface area (Å²) >= 11 is 0. The van der Waals surface area contributed by atoms with Crippen molar-refractivity contribution in [1.29, 1.82) is 5.26 Å². The van der Waals surface area contributed by atoms with Crippen molar-refractivity contribution < 1.29 is 36.2 Å². The van der Waals surface area contributed by atoms with E-state index in [2.05, 4.69) is 21.5 Å². The fourth-order valence-corrected chi connectivity index (χ4v) is 6.47. The standard InChI is InChI=1S/C31H31F5N8O3/c1-16(32)29(45)44-9-8-43(14-18(44)5-7-37)28-25-23(39-30(41-28)47-15-19-11-17(33)13-42(19)2)12-21(20-6-10-46-27(20)25)26-22(31(34,35)36)3-4-24(38)40-26/h3-4,12,17-19H,1,5-6,8-11,13-15H2,2H3,(H2,38,40)/t17-,18+,19+/m1/s1. The van der Waals surface area contributed by atoms with Crippen molar-refractivity contribution in [1.82, 2.24) is 24.8 Å². The molecule has 0 bridgehead atoms. The number of hydrogen-bond donors (Lipinski definition) is 1. The van der Waals surface area contributed by atoms with Gasteiger partial charge in [0, 0.05) is 49.8 Å². The number of anilines is 2. The molecule has 11 nitrogen and oxygen atoms in total. The number of piperazine rings is 1. The molecule has 5 heterocycles. The van der Waals surface area contributed by atoms with Gasteiger partial charge in [-0.05, 0) is 31.7 Å². The molecular formula is C31H31F5N8O3. The van der Waals surface area contributed by atoms with Crippen LogP contribution in [0.2, 0.25) is 0 Å². The van der Waals surface area contributed by atoms with Crippen molar-refractivity contribution in [3.05, 3.63) is 41.7 Å². The van der Waals surface area contributed by atoms with Crippen LogP contribution in [0.4, 0.5) is 33.6 Å². The number of amides is 1. The monoisotopic (exact) mass is 658 g/mol. The summed E-state index contributed by atoms with van der Waals surface area (Å²) in [6.07, 6.45) is -5.35. The second kappa shape index (κ2) is 12.4. The number of likely N-dealkylation sites (tertiary alicyclic amines) is 1. The lowest BCUT2D eigenvalue weighted by molar-refractivity contribution is -0.137. The largest absolute Gasteiger partial charge is 0.492 e. The van der Waals surface area contributed by atoms with Crippen molar-refractivity contribution in [3.8, 4) is 29.1 Å². The number of benzene rings is 1. The number of rotatable bonds is 7. The molecule has 2 fully saturated rings. The number of aromatic nitrogens is 3. The Labute approximate surface area is 266 Å². The van der Waals surface area contributed by atoms with Crippen LogP contribution >= 0.6 is 0 Å². The second-order valence-electron chi connectivity index (χ2n) is 11.8. The van der Waals surface area contributed by atoms with Crippen LogP contribution in [0.3, 0.4) is 0 Å². The van der Waals surface area contributed by atoms with Gasteiger partial charge in [-0.25, -0.2) is 13.8 Å². The molecule has 1 amide bonds. The smallest absolute Gasteiger partial charge is 0.418 e. The van der Waals surface area contributed by atoms with Gasteiger partial charge in [0.1, 0.15) is 30.2 Å². The van der Waals surface area contributed by atoms with E-state index in [0.717, 1.165) is 12.1 Å². The minimum atomic E-state index is -4.73. The Bertz CT molecular complexity index is 1780. The molecule has 0 spiro atoms. The maximum Gasteiger partial charge on any atom is 0.418 e. The number of hydrogen-bond acceptors (Lipinski definition) is 10. The van der Waals surface area contributed by atoms with Crippen molar-refractivity contribution in [2.45, 2.75) is 43.7 Å². The van der Waals surface area contributed by atoms with Crippen LogP contribution in [0.1, 0.15) is 24.0 Å². The molecule has 0 unspecified atom stereocenters. The van der Waals surface area contributed by atoms with Gasteiger partial charge in [-0.2, -0.15) is 28.4 Å². The maximum absolute atomic E-state index is 14.2. The van der Waals surface area contributed by atoms with E-state index in [1.54, 1.807) is 11.9 Å². The average Bonchev–Trinajstić information content (AvgIpc) is 3.64. The lowest BCUT2D eigenvalue weighted by Crippen LogP contribution is -2.55. The van der Waals surface area contributed by atoms with Crippen molar-refractivity contribution in [2.24, 2.45) is 0 Å². The third-order valence-corrected chi connectivity index (χ3v) is 8.72. The lowest BCUT2D eigenvalue weighted by atomic mass is 9.95. The van der Waals surface area contributed by atoms with E-state index in [1.807, 2.05) is 11.0 Å². The summed E-state index contributed by atoms with van der Waals surface area (Å²) in [5.74, 6) is -1.61. The zero-order valence-corrected chi connectivity index (χ0v) is 25.4. The van der Waals surface area contributed by atoms with Gasteiger partial charge in [0.25, 0.3) is 5.91 Å². The van der Waals surface area contributed by atoms with Crippen molar-refractivity contribution in [3.63, 3.8) is 0 Å².